The molecule has 5 heteroatoms. The predicted octanol–water partition coefficient (Wildman–Crippen LogP) is 3.38. The summed E-state index contributed by atoms with van der Waals surface area (Å²) < 4.78 is 0. The van der Waals surface area contributed by atoms with Crippen molar-refractivity contribution < 1.29 is 9.59 Å². The van der Waals surface area contributed by atoms with Crippen molar-refractivity contribution >= 4 is 17.5 Å². The van der Waals surface area contributed by atoms with Gasteiger partial charge in [0.05, 0.1) is 0 Å². The predicted molar refractivity (Wildman–Crippen MR) is 115 cm³/mol. The van der Waals surface area contributed by atoms with E-state index in [9.17, 15) is 9.59 Å². The van der Waals surface area contributed by atoms with Crippen LogP contribution in [0.5, 0.6) is 0 Å². The smallest absolute Gasteiger partial charge is 0.251 e. The first-order valence-corrected chi connectivity index (χ1v) is 10.7. The van der Waals surface area contributed by atoms with Crippen LogP contribution in [0.3, 0.4) is 0 Å². The summed E-state index contributed by atoms with van der Waals surface area (Å²) in [5.74, 6) is 0.191. The van der Waals surface area contributed by atoms with E-state index < -0.39 is 0 Å². The number of carbonyl (C=O) groups excluding carboxylic acids is 2. The number of para-hydroxylation sites is 1. The third kappa shape index (κ3) is 4.78. The van der Waals surface area contributed by atoms with Crippen LogP contribution in [0.15, 0.2) is 48.5 Å². The Balaban J connectivity index is 1.22. The molecule has 0 atom stereocenters. The Morgan fingerprint density at radius 2 is 1.69 bits per heavy atom. The summed E-state index contributed by atoms with van der Waals surface area (Å²) in [5.41, 5.74) is 4.51. The van der Waals surface area contributed by atoms with Crippen LogP contribution in [-0.2, 0) is 17.8 Å². The zero-order valence-electron chi connectivity index (χ0n) is 16.9. The fourth-order valence-electron chi connectivity index (χ4n) is 4.27. The molecule has 1 N–H and O–H groups in total. The van der Waals surface area contributed by atoms with E-state index >= 15 is 0 Å². The van der Waals surface area contributed by atoms with E-state index in [0.29, 0.717) is 25.1 Å². The first-order valence-electron chi connectivity index (χ1n) is 10.7. The summed E-state index contributed by atoms with van der Waals surface area (Å²) in [6.07, 6.45) is 4.88. The molecular formula is C24H29N3O2. The van der Waals surface area contributed by atoms with Crippen molar-refractivity contribution in [2.45, 2.75) is 38.6 Å². The van der Waals surface area contributed by atoms with Gasteiger partial charge >= 0.3 is 0 Å². The molecule has 0 aromatic heterocycles. The van der Waals surface area contributed by atoms with E-state index in [2.05, 4.69) is 34.5 Å². The van der Waals surface area contributed by atoms with Gasteiger partial charge in [-0.25, -0.2) is 0 Å². The number of fused-ring (bicyclic) bond motifs is 1. The van der Waals surface area contributed by atoms with Gasteiger partial charge < -0.3 is 15.1 Å². The fraction of sp³-hybridized carbons (Fsp3) is 0.417. The lowest BCUT2D eigenvalue weighted by Crippen LogP contribution is -2.33. The number of nitrogens with one attached hydrogen (secondary N) is 1. The second-order valence-electron chi connectivity index (χ2n) is 7.94. The molecule has 2 aliphatic heterocycles. The summed E-state index contributed by atoms with van der Waals surface area (Å²) in [6, 6.07) is 16.2. The third-order valence-electron chi connectivity index (χ3n) is 5.86. The lowest BCUT2D eigenvalue weighted by Gasteiger charge is -2.31. The van der Waals surface area contributed by atoms with E-state index in [1.54, 1.807) is 0 Å². The Kier molecular flexibility index (Phi) is 6.13. The molecule has 2 amide bonds. The highest BCUT2D eigenvalue weighted by Crippen LogP contribution is 2.26. The number of anilines is 1. The van der Waals surface area contributed by atoms with Crippen molar-refractivity contribution in [3.63, 3.8) is 0 Å². The molecule has 5 nitrogen and oxygen atoms in total. The first kappa shape index (κ1) is 19.5. The molecule has 1 saturated heterocycles. The maximum atomic E-state index is 12.4. The average molecular weight is 392 g/mol. The van der Waals surface area contributed by atoms with Crippen LogP contribution in [0.2, 0.25) is 0 Å². The minimum absolute atomic E-state index is 0.0344. The molecule has 0 spiro atoms. The van der Waals surface area contributed by atoms with Crippen LogP contribution < -0.4 is 10.2 Å². The van der Waals surface area contributed by atoms with Gasteiger partial charge in [-0.3, -0.25) is 9.59 Å². The number of amides is 2. The van der Waals surface area contributed by atoms with Gasteiger partial charge in [-0.05, 0) is 55.0 Å². The zero-order valence-corrected chi connectivity index (χ0v) is 16.9. The second-order valence-corrected chi connectivity index (χ2v) is 7.94. The zero-order chi connectivity index (χ0) is 20.1. The summed E-state index contributed by atoms with van der Waals surface area (Å²) in [6.45, 7) is 4.19. The number of carbonyl (C=O) groups is 2. The van der Waals surface area contributed by atoms with E-state index in [4.69, 9.17) is 0 Å². The summed E-state index contributed by atoms with van der Waals surface area (Å²) in [7, 11) is 0. The number of aryl methyl sites for hydroxylation is 1. The number of hydrogen-bond acceptors (Lipinski definition) is 3. The Morgan fingerprint density at radius 1 is 0.931 bits per heavy atom. The van der Waals surface area contributed by atoms with Gasteiger partial charge in [0.15, 0.2) is 0 Å². The van der Waals surface area contributed by atoms with Crippen LogP contribution in [0.1, 0.15) is 47.2 Å². The quantitative estimate of drug-likeness (QED) is 0.736. The van der Waals surface area contributed by atoms with Crippen LogP contribution in [0, 0.1) is 0 Å². The van der Waals surface area contributed by atoms with Crippen LogP contribution in [0.25, 0.3) is 0 Å². The highest BCUT2D eigenvalue weighted by atomic mass is 16.2. The fourth-order valence-corrected chi connectivity index (χ4v) is 4.27. The van der Waals surface area contributed by atoms with E-state index in [-0.39, 0.29) is 11.8 Å². The van der Waals surface area contributed by atoms with E-state index in [0.717, 1.165) is 44.5 Å². The average Bonchev–Trinajstić information content (AvgIpc) is 3.16. The van der Waals surface area contributed by atoms with Gasteiger partial charge in [-0.1, -0.05) is 30.3 Å². The molecule has 29 heavy (non-hydrogen) atoms. The Labute approximate surface area is 172 Å². The third-order valence-corrected chi connectivity index (χ3v) is 5.86. The highest BCUT2D eigenvalue weighted by molar-refractivity contribution is 5.94. The topological polar surface area (TPSA) is 52.7 Å². The number of nitrogens with zero attached hydrogens (tertiary/aromatic N) is 2. The monoisotopic (exact) mass is 391 g/mol. The van der Waals surface area contributed by atoms with Crippen molar-refractivity contribution in [1.82, 2.24) is 10.2 Å². The van der Waals surface area contributed by atoms with Gasteiger partial charge in [0.1, 0.15) is 0 Å². The SMILES string of the molecule is O=C(NCCCN1CCCc2ccccc21)c1ccc(CN2CCCC2=O)cc1. The number of likely N-dealkylation sites (tertiary alicyclic amines) is 1. The molecule has 0 radical (unpaired) electrons. The van der Waals surface area contributed by atoms with Crippen LogP contribution in [-0.4, -0.2) is 42.9 Å². The molecule has 0 bridgehead atoms. The molecule has 2 aliphatic rings. The maximum Gasteiger partial charge on any atom is 0.251 e. The Hall–Kier alpha value is -2.82. The molecule has 4 rings (SSSR count). The lowest BCUT2D eigenvalue weighted by molar-refractivity contribution is -0.128. The van der Waals surface area contributed by atoms with E-state index in [1.165, 1.54) is 17.7 Å². The van der Waals surface area contributed by atoms with Crippen LogP contribution in [0.4, 0.5) is 5.69 Å². The van der Waals surface area contributed by atoms with Gasteiger partial charge in [0.25, 0.3) is 5.91 Å². The molecule has 0 aliphatic carbocycles. The van der Waals surface area contributed by atoms with Crippen molar-refractivity contribution in [2.24, 2.45) is 0 Å². The maximum absolute atomic E-state index is 12.4. The van der Waals surface area contributed by atoms with E-state index in [1.807, 2.05) is 29.2 Å². The largest absolute Gasteiger partial charge is 0.371 e. The summed E-state index contributed by atoms with van der Waals surface area (Å²) in [5, 5.41) is 3.03. The Bertz CT molecular complexity index is 863. The minimum Gasteiger partial charge on any atom is -0.371 e. The van der Waals surface area contributed by atoms with Crippen molar-refractivity contribution in [1.29, 1.82) is 0 Å². The van der Waals surface area contributed by atoms with Crippen molar-refractivity contribution in [3.05, 3.63) is 65.2 Å². The molecular weight excluding hydrogens is 362 g/mol. The lowest BCUT2D eigenvalue weighted by atomic mass is 10.0. The molecule has 2 aromatic rings. The summed E-state index contributed by atoms with van der Waals surface area (Å²) >= 11 is 0. The number of rotatable bonds is 7. The molecule has 0 unspecified atom stereocenters. The highest BCUT2D eigenvalue weighted by Gasteiger charge is 2.20. The van der Waals surface area contributed by atoms with Crippen molar-refractivity contribution in [3.8, 4) is 0 Å². The molecule has 2 aromatic carbocycles. The van der Waals surface area contributed by atoms with Gasteiger partial charge in [-0.2, -0.15) is 0 Å². The van der Waals surface area contributed by atoms with Crippen LogP contribution >= 0.6 is 0 Å². The molecule has 2 heterocycles. The van der Waals surface area contributed by atoms with Gasteiger partial charge in [0, 0.05) is 50.4 Å². The molecule has 152 valence electrons. The number of benzene rings is 2. The normalized spacial score (nSPS) is 16.1. The summed E-state index contributed by atoms with van der Waals surface area (Å²) in [4.78, 5) is 28.5. The molecule has 1 fully saturated rings. The standard InChI is InChI=1S/C24H29N3O2/c28-23-9-4-16-27(23)18-19-10-12-21(13-11-19)24(29)25-14-5-17-26-15-3-7-20-6-1-2-8-22(20)26/h1-2,6,8,10-13H,3-5,7,9,14-18H2,(H,25,29). The Morgan fingerprint density at radius 3 is 2.48 bits per heavy atom. The number of hydrogen-bond donors (Lipinski definition) is 1. The second kappa shape index (κ2) is 9.12. The van der Waals surface area contributed by atoms with Crippen molar-refractivity contribution in [2.75, 3.05) is 31.1 Å². The van der Waals surface area contributed by atoms with Gasteiger partial charge in [0.2, 0.25) is 5.91 Å². The minimum atomic E-state index is -0.0344. The first-order chi connectivity index (χ1) is 14.2. The molecule has 0 saturated carbocycles. The van der Waals surface area contributed by atoms with Gasteiger partial charge in [-0.15, -0.1) is 0 Å².